The summed E-state index contributed by atoms with van der Waals surface area (Å²) in [6, 6.07) is 9.36. The van der Waals surface area contributed by atoms with Crippen LogP contribution in [-0.2, 0) is 9.53 Å². The number of carbonyl (C=O) groups excluding carboxylic acids is 1. The molecular formula is C13H13NO2. The molecule has 0 saturated heterocycles. The van der Waals surface area contributed by atoms with E-state index in [2.05, 4.69) is 6.58 Å². The Morgan fingerprint density at radius 2 is 2.00 bits per heavy atom. The summed E-state index contributed by atoms with van der Waals surface area (Å²) in [5.74, 6) is -0.429. The van der Waals surface area contributed by atoms with E-state index in [0.29, 0.717) is 0 Å². The van der Waals surface area contributed by atoms with Gasteiger partial charge in [-0.05, 0) is 12.5 Å². The van der Waals surface area contributed by atoms with Gasteiger partial charge >= 0.3 is 5.97 Å². The molecule has 0 aliphatic rings. The van der Waals surface area contributed by atoms with Crippen molar-refractivity contribution < 1.29 is 9.53 Å². The first kappa shape index (κ1) is 12.0. The number of nitrogens with zero attached hydrogens (tertiary/aromatic N) is 1. The van der Waals surface area contributed by atoms with Crippen LogP contribution in [0.5, 0.6) is 0 Å². The Hall–Kier alpha value is -2.08. The Morgan fingerprint density at radius 3 is 2.44 bits per heavy atom. The Balaban J connectivity index is 3.01. The third kappa shape index (κ3) is 2.96. The van der Waals surface area contributed by atoms with E-state index in [0.717, 1.165) is 11.1 Å². The summed E-state index contributed by atoms with van der Waals surface area (Å²) in [4.78, 5) is 10.9. The van der Waals surface area contributed by atoms with E-state index in [4.69, 9.17) is 10.00 Å². The zero-order valence-corrected chi connectivity index (χ0v) is 9.36. The first-order chi connectivity index (χ1) is 7.54. The van der Waals surface area contributed by atoms with Crippen LogP contribution in [0.2, 0.25) is 0 Å². The second-order valence-electron chi connectivity index (χ2n) is 3.54. The molecule has 0 saturated carbocycles. The van der Waals surface area contributed by atoms with Crippen LogP contribution in [0.3, 0.4) is 0 Å². The van der Waals surface area contributed by atoms with Gasteiger partial charge in [-0.3, -0.25) is 4.79 Å². The van der Waals surface area contributed by atoms with Gasteiger partial charge in [0.25, 0.3) is 0 Å². The van der Waals surface area contributed by atoms with Crippen molar-refractivity contribution in [3.05, 3.63) is 47.5 Å². The van der Waals surface area contributed by atoms with E-state index in [1.54, 1.807) is 0 Å². The molecule has 0 amide bonds. The van der Waals surface area contributed by atoms with Crippen LogP contribution in [0.25, 0.3) is 0 Å². The van der Waals surface area contributed by atoms with Gasteiger partial charge in [-0.1, -0.05) is 36.4 Å². The van der Waals surface area contributed by atoms with Crippen molar-refractivity contribution in [2.24, 2.45) is 0 Å². The highest BCUT2D eigenvalue weighted by Gasteiger charge is 2.17. The predicted octanol–water partition coefficient (Wildman–Crippen LogP) is 2.68. The summed E-state index contributed by atoms with van der Waals surface area (Å²) in [5, 5.41) is 8.79. The van der Waals surface area contributed by atoms with E-state index in [9.17, 15) is 4.79 Å². The Morgan fingerprint density at radius 1 is 1.44 bits per heavy atom. The van der Waals surface area contributed by atoms with Gasteiger partial charge in [0.05, 0.1) is 11.6 Å². The van der Waals surface area contributed by atoms with Crippen molar-refractivity contribution in [1.29, 1.82) is 5.26 Å². The van der Waals surface area contributed by atoms with Gasteiger partial charge in [-0.15, -0.1) is 0 Å². The standard InChI is InChI=1S/C13H13NO2/c1-9-4-6-12(7-5-9)13(10(2)8-14)16-11(3)15/h4-7,13H,2H2,1,3H3. The van der Waals surface area contributed by atoms with Crippen LogP contribution in [0.4, 0.5) is 0 Å². The van der Waals surface area contributed by atoms with Crippen molar-refractivity contribution in [1.82, 2.24) is 0 Å². The monoisotopic (exact) mass is 215 g/mol. The van der Waals surface area contributed by atoms with Crippen molar-refractivity contribution in [3.8, 4) is 6.07 Å². The van der Waals surface area contributed by atoms with Gasteiger partial charge in [0.15, 0.2) is 6.10 Å². The van der Waals surface area contributed by atoms with Gasteiger partial charge in [0, 0.05) is 6.92 Å². The minimum Gasteiger partial charge on any atom is -0.452 e. The van der Waals surface area contributed by atoms with Crippen LogP contribution in [-0.4, -0.2) is 5.97 Å². The highest BCUT2D eigenvalue weighted by molar-refractivity contribution is 5.67. The van der Waals surface area contributed by atoms with E-state index in [1.807, 2.05) is 37.3 Å². The molecule has 3 nitrogen and oxygen atoms in total. The molecule has 1 aromatic carbocycles. The van der Waals surface area contributed by atoms with Gasteiger partial charge in [-0.2, -0.15) is 5.26 Å². The number of ether oxygens (including phenoxy) is 1. The zero-order valence-electron chi connectivity index (χ0n) is 9.36. The lowest BCUT2D eigenvalue weighted by atomic mass is 10.0. The van der Waals surface area contributed by atoms with Crippen LogP contribution < -0.4 is 0 Å². The largest absolute Gasteiger partial charge is 0.452 e. The number of carbonyl (C=O) groups is 1. The SMILES string of the molecule is C=C(C#N)C(OC(C)=O)c1ccc(C)cc1. The molecule has 1 rings (SSSR count). The zero-order chi connectivity index (χ0) is 12.1. The number of hydrogen-bond donors (Lipinski definition) is 0. The van der Waals surface area contributed by atoms with Crippen LogP contribution in [0, 0.1) is 18.3 Å². The lowest BCUT2D eigenvalue weighted by molar-refractivity contribution is -0.144. The second-order valence-corrected chi connectivity index (χ2v) is 3.54. The van der Waals surface area contributed by atoms with Gasteiger partial charge in [-0.25, -0.2) is 0 Å². The summed E-state index contributed by atoms with van der Waals surface area (Å²) in [5.41, 5.74) is 2.08. The molecule has 1 atom stereocenters. The van der Waals surface area contributed by atoms with E-state index in [-0.39, 0.29) is 5.57 Å². The first-order valence-electron chi connectivity index (χ1n) is 4.87. The predicted molar refractivity (Wildman–Crippen MR) is 60.4 cm³/mol. The smallest absolute Gasteiger partial charge is 0.303 e. The molecule has 0 spiro atoms. The maximum atomic E-state index is 10.9. The van der Waals surface area contributed by atoms with E-state index < -0.39 is 12.1 Å². The quantitative estimate of drug-likeness (QED) is 0.575. The van der Waals surface area contributed by atoms with E-state index in [1.165, 1.54) is 6.92 Å². The number of aryl methyl sites for hydroxylation is 1. The summed E-state index contributed by atoms with van der Waals surface area (Å²) in [7, 11) is 0. The Bertz CT molecular complexity index is 440. The average molecular weight is 215 g/mol. The number of nitriles is 1. The molecule has 0 aliphatic carbocycles. The number of benzene rings is 1. The molecule has 0 bridgehead atoms. The average Bonchev–Trinajstić information content (AvgIpc) is 2.26. The number of rotatable bonds is 3. The third-order valence-corrected chi connectivity index (χ3v) is 2.12. The fraction of sp³-hybridized carbons (Fsp3) is 0.231. The number of hydrogen-bond acceptors (Lipinski definition) is 3. The molecule has 0 radical (unpaired) electrons. The minimum atomic E-state index is -0.678. The molecule has 3 heteroatoms. The number of esters is 1. The summed E-state index contributed by atoms with van der Waals surface area (Å²) in [6.45, 7) is 6.86. The molecule has 0 aliphatic heterocycles. The highest BCUT2D eigenvalue weighted by Crippen LogP contribution is 2.24. The van der Waals surface area contributed by atoms with Gasteiger partial charge < -0.3 is 4.74 Å². The van der Waals surface area contributed by atoms with Crippen LogP contribution in [0.1, 0.15) is 24.2 Å². The maximum absolute atomic E-state index is 10.9. The molecule has 1 unspecified atom stereocenters. The van der Waals surface area contributed by atoms with Crippen molar-refractivity contribution >= 4 is 5.97 Å². The first-order valence-corrected chi connectivity index (χ1v) is 4.87. The van der Waals surface area contributed by atoms with Crippen molar-refractivity contribution in [2.75, 3.05) is 0 Å². The van der Waals surface area contributed by atoms with Crippen LogP contribution >= 0.6 is 0 Å². The fourth-order valence-corrected chi connectivity index (χ4v) is 1.31. The molecule has 16 heavy (non-hydrogen) atoms. The lowest BCUT2D eigenvalue weighted by Crippen LogP contribution is -2.09. The fourth-order valence-electron chi connectivity index (χ4n) is 1.31. The summed E-state index contributed by atoms with van der Waals surface area (Å²) >= 11 is 0. The van der Waals surface area contributed by atoms with E-state index >= 15 is 0 Å². The van der Waals surface area contributed by atoms with Crippen LogP contribution in [0.15, 0.2) is 36.4 Å². The summed E-state index contributed by atoms with van der Waals surface area (Å²) < 4.78 is 5.07. The van der Waals surface area contributed by atoms with Gasteiger partial charge in [0.2, 0.25) is 0 Å². The Kier molecular flexibility index (Phi) is 3.84. The molecule has 0 N–H and O–H groups in total. The normalized spacial score (nSPS) is 11.3. The van der Waals surface area contributed by atoms with Gasteiger partial charge in [0.1, 0.15) is 0 Å². The molecular weight excluding hydrogens is 202 g/mol. The molecule has 82 valence electrons. The molecule has 0 heterocycles. The van der Waals surface area contributed by atoms with Crippen molar-refractivity contribution in [2.45, 2.75) is 20.0 Å². The summed E-state index contributed by atoms with van der Waals surface area (Å²) in [6.07, 6.45) is -0.678. The Labute approximate surface area is 95.0 Å². The lowest BCUT2D eigenvalue weighted by Gasteiger charge is -2.15. The molecule has 0 aromatic heterocycles. The maximum Gasteiger partial charge on any atom is 0.303 e. The minimum absolute atomic E-state index is 0.221. The highest BCUT2D eigenvalue weighted by atomic mass is 16.5. The molecule has 0 fully saturated rings. The third-order valence-electron chi connectivity index (χ3n) is 2.12. The topological polar surface area (TPSA) is 50.1 Å². The van der Waals surface area contributed by atoms with Crippen molar-refractivity contribution in [3.63, 3.8) is 0 Å². The molecule has 1 aromatic rings. The second kappa shape index (κ2) is 5.13.